The van der Waals surface area contributed by atoms with Crippen LogP contribution in [0.15, 0.2) is 40.1 Å². The van der Waals surface area contributed by atoms with E-state index >= 15 is 0 Å². The van der Waals surface area contributed by atoms with Gasteiger partial charge in [-0.1, -0.05) is 51.1 Å². The summed E-state index contributed by atoms with van der Waals surface area (Å²) in [6.45, 7) is 10.3. The fourth-order valence-electron chi connectivity index (χ4n) is 2.23. The third-order valence-electron chi connectivity index (χ3n) is 3.29. The lowest BCUT2D eigenvalue weighted by Crippen LogP contribution is -1.95. The van der Waals surface area contributed by atoms with Crippen LogP contribution < -0.4 is 10.5 Å². The van der Waals surface area contributed by atoms with Gasteiger partial charge in [-0.25, -0.2) is 0 Å². The van der Waals surface area contributed by atoms with Crippen molar-refractivity contribution in [3.05, 3.63) is 46.5 Å². The lowest BCUT2D eigenvalue weighted by Gasteiger charge is -2.14. The highest BCUT2D eigenvalue weighted by atomic mass is 35.5. The largest absolute Gasteiger partial charge is 0.496 e. The van der Waals surface area contributed by atoms with Crippen LogP contribution >= 0.6 is 23.4 Å². The molecule has 2 nitrogen and oxygen atoms in total. The van der Waals surface area contributed by atoms with E-state index in [2.05, 4.69) is 26.0 Å². The van der Waals surface area contributed by atoms with Gasteiger partial charge in [0.05, 0.1) is 12.1 Å². The molecule has 0 heterocycles. The first-order chi connectivity index (χ1) is 10.9. The number of nitrogens with two attached hydrogens (primary N) is 1. The van der Waals surface area contributed by atoms with Gasteiger partial charge in [-0.05, 0) is 54.3 Å². The first-order valence-electron chi connectivity index (χ1n) is 7.83. The highest BCUT2D eigenvalue weighted by Crippen LogP contribution is 2.39. The number of nitrogen functional groups attached to an aromatic ring is 1. The molecule has 0 fully saturated rings. The molecular weight excluding hydrogens is 326 g/mol. The van der Waals surface area contributed by atoms with Gasteiger partial charge in [0.2, 0.25) is 0 Å². The Morgan fingerprint density at radius 3 is 2.30 bits per heavy atom. The molecule has 2 aromatic rings. The first kappa shape index (κ1) is 19.7. The van der Waals surface area contributed by atoms with Gasteiger partial charge in [0.1, 0.15) is 5.75 Å². The fourth-order valence-corrected chi connectivity index (χ4v) is 3.56. The minimum absolute atomic E-state index is 0.406. The molecule has 126 valence electrons. The zero-order valence-corrected chi connectivity index (χ0v) is 16.3. The van der Waals surface area contributed by atoms with Gasteiger partial charge in [0, 0.05) is 15.5 Å². The first-order valence-corrected chi connectivity index (χ1v) is 9.03. The maximum Gasteiger partial charge on any atom is 0.122 e. The van der Waals surface area contributed by atoms with Crippen molar-refractivity contribution in [2.45, 2.75) is 50.3 Å². The Morgan fingerprint density at radius 2 is 1.78 bits per heavy atom. The number of rotatable bonds is 4. The molecule has 4 heteroatoms. The smallest absolute Gasteiger partial charge is 0.122 e. The molecular formula is C19H26ClNOS. The molecule has 0 aliphatic heterocycles. The van der Waals surface area contributed by atoms with E-state index in [0.29, 0.717) is 16.6 Å². The summed E-state index contributed by atoms with van der Waals surface area (Å²) in [5, 5.41) is 0.694. The Bertz CT molecular complexity index is 633. The van der Waals surface area contributed by atoms with E-state index in [0.717, 1.165) is 21.1 Å². The second-order valence-corrected chi connectivity index (χ2v) is 6.80. The maximum absolute atomic E-state index is 6.32. The number of aryl methyl sites for hydroxylation is 1. The van der Waals surface area contributed by atoms with Crippen molar-refractivity contribution in [1.29, 1.82) is 0 Å². The third kappa shape index (κ3) is 5.08. The van der Waals surface area contributed by atoms with E-state index in [4.69, 9.17) is 22.1 Å². The average Bonchev–Trinajstić information content (AvgIpc) is 2.52. The quantitative estimate of drug-likeness (QED) is 0.635. The van der Waals surface area contributed by atoms with Crippen LogP contribution in [0.4, 0.5) is 5.69 Å². The summed E-state index contributed by atoms with van der Waals surface area (Å²) in [4.78, 5) is 2.19. The second-order valence-electron chi connectivity index (χ2n) is 5.31. The lowest BCUT2D eigenvalue weighted by molar-refractivity contribution is 0.407. The van der Waals surface area contributed by atoms with Gasteiger partial charge in [-0.2, -0.15) is 0 Å². The molecule has 0 aliphatic rings. The minimum Gasteiger partial charge on any atom is -0.496 e. The van der Waals surface area contributed by atoms with Crippen LogP contribution in [0.3, 0.4) is 0 Å². The molecule has 0 saturated heterocycles. The van der Waals surface area contributed by atoms with Crippen molar-refractivity contribution < 1.29 is 4.74 Å². The van der Waals surface area contributed by atoms with E-state index in [1.165, 1.54) is 5.56 Å². The molecule has 0 unspecified atom stereocenters. The predicted octanol–water partition coefficient (Wildman–Crippen LogP) is 6.54. The van der Waals surface area contributed by atoms with Crippen LogP contribution in [0.2, 0.25) is 5.02 Å². The van der Waals surface area contributed by atoms with E-state index in [1.807, 2.05) is 32.9 Å². The molecule has 0 spiro atoms. The van der Waals surface area contributed by atoms with Gasteiger partial charge >= 0.3 is 0 Å². The Hall–Kier alpha value is -1.32. The summed E-state index contributed by atoms with van der Waals surface area (Å²) in [6.07, 6.45) is 0. The normalized spacial score (nSPS) is 10.3. The van der Waals surface area contributed by atoms with Crippen LogP contribution in [0.5, 0.6) is 5.75 Å². The summed E-state index contributed by atoms with van der Waals surface area (Å²) in [7, 11) is 1.70. The van der Waals surface area contributed by atoms with Gasteiger partial charge in [-0.3, -0.25) is 0 Å². The number of hydrogen-bond donors (Lipinski definition) is 1. The summed E-state index contributed by atoms with van der Waals surface area (Å²) < 4.78 is 5.42. The zero-order valence-electron chi connectivity index (χ0n) is 14.7. The number of methoxy groups -OCH3 is 1. The van der Waals surface area contributed by atoms with Crippen LogP contribution in [0.25, 0.3) is 0 Å². The Morgan fingerprint density at radius 1 is 1.13 bits per heavy atom. The fraction of sp³-hybridized carbons (Fsp3) is 0.368. The number of anilines is 1. The van der Waals surface area contributed by atoms with Gasteiger partial charge in [0.25, 0.3) is 0 Å². The van der Waals surface area contributed by atoms with Gasteiger partial charge in [0.15, 0.2) is 0 Å². The van der Waals surface area contributed by atoms with Crippen LogP contribution in [0, 0.1) is 6.92 Å². The van der Waals surface area contributed by atoms with Gasteiger partial charge < -0.3 is 10.5 Å². The maximum atomic E-state index is 6.32. The topological polar surface area (TPSA) is 35.2 Å². The number of halogens is 1. The summed E-state index contributed by atoms with van der Waals surface area (Å²) in [6, 6.07) is 9.98. The van der Waals surface area contributed by atoms with Crippen molar-refractivity contribution in [3.8, 4) is 5.75 Å². The Labute approximate surface area is 149 Å². The molecule has 0 saturated carbocycles. The van der Waals surface area contributed by atoms with Crippen molar-refractivity contribution in [2.75, 3.05) is 12.8 Å². The van der Waals surface area contributed by atoms with E-state index < -0.39 is 0 Å². The predicted molar refractivity (Wildman–Crippen MR) is 103 cm³/mol. The van der Waals surface area contributed by atoms with E-state index in [-0.39, 0.29) is 0 Å². The lowest BCUT2D eigenvalue weighted by atomic mass is 10.0. The minimum atomic E-state index is 0.406. The van der Waals surface area contributed by atoms with Gasteiger partial charge in [-0.15, -0.1) is 0 Å². The van der Waals surface area contributed by atoms with Crippen LogP contribution in [-0.2, 0) is 0 Å². The van der Waals surface area contributed by atoms with Crippen LogP contribution in [-0.4, -0.2) is 7.11 Å². The summed E-state index contributed by atoms with van der Waals surface area (Å²) in [5.74, 6) is 1.33. The molecule has 0 atom stereocenters. The van der Waals surface area contributed by atoms with Crippen molar-refractivity contribution in [1.82, 2.24) is 0 Å². The molecule has 0 aliphatic carbocycles. The third-order valence-corrected chi connectivity index (χ3v) is 4.94. The van der Waals surface area contributed by atoms with Crippen molar-refractivity contribution >= 4 is 29.1 Å². The number of benzene rings is 2. The summed E-state index contributed by atoms with van der Waals surface area (Å²) in [5.41, 5.74) is 8.80. The van der Waals surface area contributed by atoms with E-state index in [1.54, 1.807) is 24.9 Å². The average molecular weight is 352 g/mol. The molecule has 2 rings (SSSR count). The Kier molecular flexibility index (Phi) is 7.80. The van der Waals surface area contributed by atoms with E-state index in [9.17, 15) is 0 Å². The van der Waals surface area contributed by atoms with Crippen molar-refractivity contribution in [2.24, 2.45) is 0 Å². The number of hydrogen-bond acceptors (Lipinski definition) is 3. The molecule has 2 aromatic carbocycles. The molecule has 0 bridgehead atoms. The Balaban J connectivity index is 0.00000127. The molecule has 0 radical (unpaired) electrons. The molecule has 2 N–H and O–H groups in total. The zero-order chi connectivity index (χ0) is 17.6. The highest BCUT2D eigenvalue weighted by Gasteiger charge is 2.12. The number of ether oxygens (including phenoxy) is 1. The summed E-state index contributed by atoms with van der Waals surface area (Å²) >= 11 is 7.98. The van der Waals surface area contributed by atoms with Crippen LogP contribution in [0.1, 0.15) is 44.7 Å². The van der Waals surface area contributed by atoms with Crippen molar-refractivity contribution in [3.63, 3.8) is 0 Å². The molecule has 0 amide bonds. The molecule has 23 heavy (non-hydrogen) atoms. The second kappa shape index (κ2) is 9.09. The standard InChI is InChI=1S/C17H20ClNOS.C2H6/c1-10(2)14-9-13(5-6-16(14)20-4)21-17-11(3)7-12(19)8-15(17)18;1-2/h5-10H,19H2,1-4H3;1-2H3. The molecule has 0 aromatic heterocycles. The monoisotopic (exact) mass is 351 g/mol. The highest BCUT2D eigenvalue weighted by molar-refractivity contribution is 7.99. The SMILES string of the molecule is CC.COc1ccc(Sc2c(C)cc(N)cc2Cl)cc1C(C)C.